The first-order chi connectivity index (χ1) is 7.25. The molecule has 1 heterocycles. The van der Waals surface area contributed by atoms with Gasteiger partial charge in [-0.05, 0) is 12.0 Å². The van der Waals surface area contributed by atoms with E-state index in [1.165, 1.54) is 5.56 Å². The van der Waals surface area contributed by atoms with E-state index in [9.17, 15) is 4.79 Å². The van der Waals surface area contributed by atoms with Crippen LogP contribution < -0.4 is 5.73 Å². The molecule has 80 valence electrons. The van der Waals surface area contributed by atoms with E-state index in [1.54, 1.807) is 0 Å². The first-order valence-electron chi connectivity index (χ1n) is 5.33. The Hall–Kier alpha value is -1.35. The lowest BCUT2D eigenvalue weighted by molar-refractivity contribution is -0.134. The molecule has 1 aliphatic rings. The Morgan fingerprint density at radius 1 is 1.33 bits per heavy atom. The van der Waals surface area contributed by atoms with Crippen molar-refractivity contribution in [1.82, 2.24) is 4.90 Å². The highest BCUT2D eigenvalue weighted by Gasteiger charge is 2.22. The first kappa shape index (κ1) is 10.2. The molecular weight excluding hydrogens is 188 g/mol. The van der Waals surface area contributed by atoms with E-state index in [-0.39, 0.29) is 11.9 Å². The molecule has 0 unspecified atom stereocenters. The number of nitrogens with zero attached hydrogens (tertiary/aromatic N) is 1. The van der Waals surface area contributed by atoms with Crippen molar-refractivity contribution in [3.63, 3.8) is 0 Å². The van der Waals surface area contributed by atoms with Crippen molar-refractivity contribution in [2.75, 3.05) is 6.54 Å². The minimum absolute atomic E-state index is 0.145. The summed E-state index contributed by atoms with van der Waals surface area (Å²) in [4.78, 5) is 13.5. The molecule has 1 aromatic carbocycles. The van der Waals surface area contributed by atoms with Crippen LogP contribution in [0.2, 0.25) is 0 Å². The van der Waals surface area contributed by atoms with Crippen molar-refractivity contribution >= 4 is 5.91 Å². The Kier molecular flexibility index (Phi) is 3.02. The summed E-state index contributed by atoms with van der Waals surface area (Å²) in [6.07, 6.45) is 1.41. The smallest absolute Gasteiger partial charge is 0.222 e. The van der Waals surface area contributed by atoms with Gasteiger partial charge in [0, 0.05) is 25.6 Å². The Labute approximate surface area is 89.9 Å². The SMILES string of the molecule is N[C@@H]1CCC(=O)N(Cc2ccccc2)C1. The summed E-state index contributed by atoms with van der Waals surface area (Å²) < 4.78 is 0. The third-order valence-corrected chi connectivity index (χ3v) is 2.75. The topological polar surface area (TPSA) is 46.3 Å². The number of hydrogen-bond acceptors (Lipinski definition) is 2. The van der Waals surface area contributed by atoms with Gasteiger partial charge in [-0.25, -0.2) is 0 Å². The normalized spacial score (nSPS) is 21.8. The second-order valence-corrected chi connectivity index (χ2v) is 4.06. The van der Waals surface area contributed by atoms with Crippen LogP contribution in [0.25, 0.3) is 0 Å². The number of carbonyl (C=O) groups is 1. The van der Waals surface area contributed by atoms with Gasteiger partial charge in [0.1, 0.15) is 0 Å². The molecule has 0 spiro atoms. The maximum Gasteiger partial charge on any atom is 0.222 e. The lowest BCUT2D eigenvalue weighted by Gasteiger charge is -2.30. The second-order valence-electron chi connectivity index (χ2n) is 4.06. The van der Waals surface area contributed by atoms with Gasteiger partial charge in [-0.1, -0.05) is 30.3 Å². The molecule has 0 aliphatic carbocycles. The summed E-state index contributed by atoms with van der Waals surface area (Å²) in [5.41, 5.74) is 7.01. The molecule has 3 heteroatoms. The van der Waals surface area contributed by atoms with Crippen LogP contribution in [0, 0.1) is 0 Å². The second kappa shape index (κ2) is 4.45. The molecule has 0 radical (unpaired) electrons. The zero-order valence-corrected chi connectivity index (χ0v) is 8.73. The van der Waals surface area contributed by atoms with Gasteiger partial charge < -0.3 is 10.6 Å². The van der Waals surface area contributed by atoms with Gasteiger partial charge in [0.25, 0.3) is 0 Å². The third kappa shape index (κ3) is 2.57. The number of benzene rings is 1. The van der Waals surface area contributed by atoms with Gasteiger partial charge in [-0.3, -0.25) is 4.79 Å². The minimum Gasteiger partial charge on any atom is -0.337 e. The lowest BCUT2D eigenvalue weighted by atomic mass is 10.1. The van der Waals surface area contributed by atoms with Gasteiger partial charge in [-0.2, -0.15) is 0 Å². The summed E-state index contributed by atoms with van der Waals surface area (Å²) in [6.45, 7) is 1.38. The zero-order valence-electron chi connectivity index (χ0n) is 8.73. The Bertz CT molecular complexity index is 337. The molecule has 1 aliphatic heterocycles. The Morgan fingerprint density at radius 2 is 2.07 bits per heavy atom. The molecule has 3 nitrogen and oxygen atoms in total. The standard InChI is InChI=1S/C12H16N2O/c13-11-6-7-12(15)14(9-11)8-10-4-2-1-3-5-10/h1-5,11H,6-9,13H2/t11-/m1/s1. The van der Waals surface area contributed by atoms with E-state index in [4.69, 9.17) is 5.73 Å². The predicted octanol–water partition coefficient (Wildman–Crippen LogP) is 1.14. The molecule has 15 heavy (non-hydrogen) atoms. The van der Waals surface area contributed by atoms with Crippen molar-refractivity contribution in [2.24, 2.45) is 5.73 Å². The maximum absolute atomic E-state index is 11.6. The molecule has 1 atom stereocenters. The highest BCUT2D eigenvalue weighted by molar-refractivity contribution is 5.77. The number of carbonyl (C=O) groups excluding carboxylic acids is 1. The third-order valence-electron chi connectivity index (χ3n) is 2.75. The fourth-order valence-corrected chi connectivity index (χ4v) is 1.90. The van der Waals surface area contributed by atoms with Crippen LogP contribution in [-0.2, 0) is 11.3 Å². The summed E-state index contributed by atoms with van der Waals surface area (Å²) in [5.74, 6) is 0.223. The minimum atomic E-state index is 0.145. The molecule has 1 fully saturated rings. The number of rotatable bonds is 2. The average Bonchev–Trinajstić information content (AvgIpc) is 2.25. The number of likely N-dealkylation sites (tertiary alicyclic amines) is 1. The van der Waals surface area contributed by atoms with E-state index in [1.807, 2.05) is 35.2 Å². The first-order valence-corrected chi connectivity index (χ1v) is 5.33. The van der Waals surface area contributed by atoms with Gasteiger partial charge in [0.2, 0.25) is 5.91 Å². The van der Waals surface area contributed by atoms with Crippen LogP contribution in [0.1, 0.15) is 18.4 Å². The molecule has 2 N–H and O–H groups in total. The molecular formula is C12H16N2O. The number of hydrogen-bond donors (Lipinski definition) is 1. The van der Waals surface area contributed by atoms with Crippen molar-refractivity contribution in [1.29, 1.82) is 0 Å². The summed E-state index contributed by atoms with van der Waals surface area (Å²) in [6, 6.07) is 10.2. The number of piperidine rings is 1. The fourth-order valence-electron chi connectivity index (χ4n) is 1.90. The number of amides is 1. The van der Waals surface area contributed by atoms with E-state index in [0.29, 0.717) is 19.5 Å². The zero-order chi connectivity index (χ0) is 10.7. The predicted molar refractivity (Wildman–Crippen MR) is 59.1 cm³/mol. The van der Waals surface area contributed by atoms with Gasteiger partial charge in [0.15, 0.2) is 0 Å². The van der Waals surface area contributed by atoms with Crippen molar-refractivity contribution in [3.05, 3.63) is 35.9 Å². The molecule has 0 saturated carbocycles. The Morgan fingerprint density at radius 3 is 2.80 bits per heavy atom. The quantitative estimate of drug-likeness (QED) is 0.785. The van der Waals surface area contributed by atoms with E-state index >= 15 is 0 Å². The average molecular weight is 204 g/mol. The van der Waals surface area contributed by atoms with Gasteiger partial charge >= 0.3 is 0 Å². The highest BCUT2D eigenvalue weighted by atomic mass is 16.2. The van der Waals surface area contributed by atoms with E-state index in [0.717, 1.165) is 6.42 Å². The molecule has 1 aromatic rings. The van der Waals surface area contributed by atoms with Gasteiger partial charge in [0.05, 0.1) is 0 Å². The molecule has 1 saturated heterocycles. The van der Waals surface area contributed by atoms with Crippen LogP contribution in [0.15, 0.2) is 30.3 Å². The molecule has 0 bridgehead atoms. The van der Waals surface area contributed by atoms with Gasteiger partial charge in [-0.15, -0.1) is 0 Å². The van der Waals surface area contributed by atoms with Crippen LogP contribution in [-0.4, -0.2) is 23.4 Å². The van der Waals surface area contributed by atoms with Crippen molar-refractivity contribution in [2.45, 2.75) is 25.4 Å². The van der Waals surface area contributed by atoms with Crippen LogP contribution in [0.4, 0.5) is 0 Å². The molecule has 2 rings (SSSR count). The molecule has 0 aromatic heterocycles. The van der Waals surface area contributed by atoms with Crippen molar-refractivity contribution < 1.29 is 4.79 Å². The van der Waals surface area contributed by atoms with Crippen LogP contribution in [0.3, 0.4) is 0 Å². The highest BCUT2D eigenvalue weighted by Crippen LogP contribution is 2.13. The lowest BCUT2D eigenvalue weighted by Crippen LogP contribution is -2.45. The Balaban J connectivity index is 2.01. The summed E-state index contributed by atoms with van der Waals surface area (Å²) >= 11 is 0. The largest absolute Gasteiger partial charge is 0.337 e. The summed E-state index contributed by atoms with van der Waals surface area (Å²) in [5, 5.41) is 0. The van der Waals surface area contributed by atoms with Crippen molar-refractivity contribution in [3.8, 4) is 0 Å². The fraction of sp³-hybridized carbons (Fsp3) is 0.417. The monoisotopic (exact) mass is 204 g/mol. The van der Waals surface area contributed by atoms with E-state index < -0.39 is 0 Å². The van der Waals surface area contributed by atoms with Crippen LogP contribution >= 0.6 is 0 Å². The summed E-state index contributed by atoms with van der Waals surface area (Å²) in [7, 11) is 0. The van der Waals surface area contributed by atoms with E-state index in [2.05, 4.69) is 0 Å². The molecule has 1 amide bonds. The van der Waals surface area contributed by atoms with Crippen LogP contribution in [0.5, 0.6) is 0 Å². The maximum atomic E-state index is 11.6. The number of nitrogens with two attached hydrogens (primary N) is 1.